The highest BCUT2D eigenvalue weighted by Crippen LogP contribution is 2.29. The van der Waals surface area contributed by atoms with Crippen LogP contribution in [0.3, 0.4) is 0 Å². The predicted molar refractivity (Wildman–Crippen MR) is 69.8 cm³/mol. The van der Waals surface area contributed by atoms with Gasteiger partial charge in [0.2, 0.25) is 5.91 Å². The fourth-order valence-electron chi connectivity index (χ4n) is 2.99. The van der Waals surface area contributed by atoms with Crippen molar-refractivity contribution in [3.8, 4) is 0 Å². The second-order valence-electron chi connectivity index (χ2n) is 5.21. The fraction of sp³-hybridized carbons (Fsp3) is 0.500. The van der Waals surface area contributed by atoms with Crippen LogP contribution in [0.15, 0.2) is 24.3 Å². The lowest BCUT2D eigenvalue weighted by atomic mass is 9.97. The molecule has 5 heteroatoms. The van der Waals surface area contributed by atoms with Crippen LogP contribution in [0.25, 0.3) is 0 Å². The molecule has 1 aromatic carbocycles. The summed E-state index contributed by atoms with van der Waals surface area (Å²) in [7, 11) is 0. The van der Waals surface area contributed by atoms with E-state index in [4.69, 9.17) is 0 Å². The van der Waals surface area contributed by atoms with Crippen LogP contribution < -0.4 is 10.6 Å². The Kier molecular flexibility index (Phi) is 3.24. The minimum absolute atomic E-state index is 0.0603. The number of hydrogen-bond acceptors (Lipinski definition) is 3. The van der Waals surface area contributed by atoms with Crippen LogP contribution in [0, 0.1) is 5.82 Å². The number of nitrogens with zero attached hydrogens (tertiary/aromatic N) is 1. The molecule has 2 saturated heterocycles. The molecule has 0 saturated carbocycles. The van der Waals surface area contributed by atoms with E-state index in [0.29, 0.717) is 18.7 Å². The van der Waals surface area contributed by atoms with E-state index in [0.717, 1.165) is 25.9 Å². The molecule has 102 valence electrons. The van der Waals surface area contributed by atoms with Crippen molar-refractivity contribution in [2.24, 2.45) is 0 Å². The normalized spacial score (nSPS) is 22.2. The maximum Gasteiger partial charge on any atom is 0.238 e. The summed E-state index contributed by atoms with van der Waals surface area (Å²) in [5.74, 6) is -0.184. The lowest BCUT2D eigenvalue weighted by molar-refractivity contribution is -0.132. The molecule has 0 bridgehead atoms. The van der Waals surface area contributed by atoms with E-state index in [2.05, 4.69) is 10.6 Å². The Morgan fingerprint density at radius 2 is 2.00 bits per heavy atom. The maximum absolute atomic E-state index is 13.8. The number of carbonyl (C=O) groups excluding carboxylic acids is 1. The predicted octanol–water partition coefficient (Wildman–Crippen LogP) is 0.837. The lowest BCUT2D eigenvalue weighted by Gasteiger charge is -2.41. The summed E-state index contributed by atoms with van der Waals surface area (Å²) in [5, 5.41) is 6.62. The van der Waals surface area contributed by atoms with Gasteiger partial charge in [-0.1, -0.05) is 18.2 Å². The van der Waals surface area contributed by atoms with Gasteiger partial charge in [0.05, 0.1) is 18.8 Å². The molecule has 1 aromatic rings. The highest BCUT2D eigenvalue weighted by molar-refractivity contribution is 5.81. The molecule has 0 aliphatic carbocycles. The molecule has 2 aliphatic rings. The zero-order chi connectivity index (χ0) is 13.3. The lowest BCUT2D eigenvalue weighted by Crippen LogP contribution is -2.57. The first-order valence-corrected chi connectivity index (χ1v) is 6.71. The number of hydrogen-bond donors (Lipinski definition) is 2. The van der Waals surface area contributed by atoms with Gasteiger partial charge in [-0.2, -0.15) is 0 Å². The first-order valence-electron chi connectivity index (χ1n) is 6.71. The van der Waals surface area contributed by atoms with Crippen LogP contribution >= 0.6 is 0 Å². The number of benzene rings is 1. The average Bonchev–Trinajstić information content (AvgIpc) is 2.71. The van der Waals surface area contributed by atoms with E-state index in [1.165, 1.54) is 6.07 Å². The Labute approximate surface area is 112 Å². The van der Waals surface area contributed by atoms with Crippen LogP contribution in [0.5, 0.6) is 0 Å². The second-order valence-corrected chi connectivity index (χ2v) is 5.21. The van der Waals surface area contributed by atoms with E-state index in [1.54, 1.807) is 12.1 Å². The molecule has 0 unspecified atom stereocenters. The number of carbonyl (C=O) groups is 1. The largest absolute Gasteiger partial charge is 0.319 e. The topological polar surface area (TPSA) is 44.4 Å². The Balaban J connectivity index is 1.85. The van der Waals surface area contributed by atoms with Gasteiger partial charge in [-0.3, -0.25) is 10.1 Å². The van der Waals surface area contributed by atoms with Gasteiger partial charge in [-0.05, 0) is 32.0 Å². The summed E-state index contributed by atoms with van der Waals surface area (Å²) in [6.45, 7) is 2.47. The van der Waals surface area contributed by atoms with Gasteiger partial charge in [0.1, 0.15) is 5.82 Å². The molecule has 1 amide bonds. The van der Waals surface area contributed by atoms with Crippen molar-refractivity contribution in [3.05, 3.63) is 35.6 Å². The third kappa shape index (κ3) is 2.24. The highest BCUT2D eigenvalue weighted by Gasteiger charge is 2.45. The number of piperidine rings is 1. The average molecular weight is 263 g/mol. The van der Waals surface area contributed by atoms with Gasteiger partial charge in [-0.15, -0.1) is 0 Å². The van der Waals surface area contributed by atoms with E-state index in [9.17, 15) is 9.18 Å². The molecule has 2 fully saturated rings. The van der Waals surface area contributed by atoms with Gasteiger partial charge in [0, 0.05) is 5.56 Å². The van der Waals surface area contributed by atoms with Crippen molar-refractivity contribution in [3.63, 3.8) is 0 Å². The zero-order valence-corrected chi connectivity index (χ0v) is 10.8. The van der Waals surface area contributed by atoms with Crippen LogP contribution in [0.2, 0.25) is 0 Å². The van der Waals surface area contributed by atoms with Gasteiger partial charge < -0.3 is 10.2 Å². The second kappa shape index (κ2) is 4.90. The molecular weight excluding hydrogens is 245 g/mol. The van der Waals surface area contributed by atoms with E-state index < -0.39 is 0 Å². The molecule has 19 heavy (non-hydrogen) atoms. The van der Waals surface area contributed by atoms with Gasteiger partial charge in [0.25, 0.3) is 0 Å². The van der Waals surface area contributed by atoms with Crippen LogP contribution in [0.1, 0.15) is 18.4 Å². The van der Waals surface area contributed by atoms with Gasteiger partial charge in [-0.25, -0.2) is 4.39 Å². The van der Waals surface area contributed by atoms with E-state index in [-0.39, 0.29) is 17.4 Å². The van der Waals surface area contributed by atoms with Gasteiger partial charge >= 0.3 is 0 Å². The van der Waals surface area contributed by atoms with Crippen LogP contribution in [-0.2, 0) is 11.3 Å². The van der Waals surface area contributed by atoms with Crippen LogP contribution in [-0.4, -0.2) is 36.1 Å². The molecule has 2 heterocycles. The summed E-state index contributed by atoms with van der Waals surface area (Å²) in [5.41, 5.74) is 0.294. The molecule has 0 atom stereocenters. The summed E-state index contributed by atoms with van der Waals surface area (Å²) in [6, 6.07) is 6.67. The van der Waals surface area contributed by atoms with Crippen molar-refractivity contribution in [2.75, 3.05) is 19.6 Å². The summed E-state index contributed by atoms with van der Waals surface area (Å²) in [6.07, 6.45) is 1.74. The Morgan fingerprint density at radius 1 is 1.26 bits per heavy atom. The third-order valence-electron chi connectivity index (χ3n) is 4.10. The quantitative estimate of drug-likeness (QED) is 0.831. The molecule has 0 radical (unpaired) electrons. The first kappa shape index (κ1) is 12.6. The van der Waals surface area contributed by atoms with Crippen molar-refractivity contribution in [2.45, 2.75) is 25.0 Å². The molecular formula is C14H18FN3O. The number of halogens is 1. The Bertz CT molecular complexity index is 485. The molecule has 2 aliphatic heterocycles. The first-order chi connectivity index (χ1) is 9.21. The maximum atomic E-state index is 13.8. The standard InChI is InChI=1S/C14H18FN3O/c15-12-4-2-1-3-11(12)10-18-13(19)9-17-14(18)5-7-16-8-6-14/h1-4,16-17H,5-10H2. The SMILES string of the molecule is O=C1CNC2(CCNCC2)N1Cc1ccccc1F. The number of rotatable bonds is 2. The molecule has 1 spiro atoms. The summed E-state index contributed by atoms with van der Waals surface area (Å²) < 4.78 is 13.8. The van der Waals surface area contributed by atoms with E-state index >= 15 is 0 Å². The summed E-state index contributed by atoms with van der Waals surface area (Å²) in [4.78, 5) is 13.9. The minimum atomic E-state index is -0.287. The third-order valence-corrected chi connectivity index (χ3v) is 4.10. The van der Waals surface area contributed by atoms with Gasteiger partial charge in [0.15, 0.2) is 0 Å². The molecule has 2 N–H and O–H groups in total. The molecule has 3 rings (SSSR count). The Hall–Kier alpha value is -1.46. The van der Waals surface area contributed by atoms with Crippen molar-refractivity contribution >= 4 is 5.91 Å². The monoisotopic (exact) mass is 263 g/mol. The van der Waals surface area contributed by atoms with Crippen LogP contribution in [0.4, 0.5) is 4.39 Å². The Morgan fingerprint density at radius 3 is 2.74 bits per heavy atom. The highest BCUT2D eigenvalue weighted by atomic mass is 19.1. The van der Waals surface area contributed by atoms with Crippen molar-refractivity contribution in [1.82, 2.24) is 15.5 Å². The van der Waals surface area contributed by atoms with Crippen molar-refractivity contribution in [1.29, 1.82) is 0 Å². The number of nitrogens with one attached hydrogen (secondary N) is 2. The minimum Gasteiger partial charge on any atom is -0.319 e. The smallest absolute Gasteiger partial charge is 0.238 e. The summed E-state index contributed by atoms with van der Waals surface area (Å²) >= 11 is 0. The molecule has 0 aromatic heterocycles. The van der Waals surface area contributed by atoms with Crippen molar-refractivity contribution < 1.29 is 9.18 Å². The van der Waals surface area contributed by atoms with E-state index in [1.807, 2.05) is 11.0 Å². The number of amides is 1. The zero-order valence-electron chi connectivity index (χ0n) is 10.8. The fourth-order valence-corrected chi connectivity index (χ4v) is 2.99. The molecule has 4 nitrogen and oxygen atoms in total.